The van der Waals surface area contributed by atoms with Crippen LogP contribution in [0.1, 0.15) is 39.5 Å². The summed E-state index contributed by atoms with van der Waals surface area (Å²) in [5.41, 5.74) is 1.79. The fourth-order valence-electron chi connectivity index (χ4n) is 2.06. The summed E-state index contributed by atoms with van der Waals surface area (Å²) in [6.45, 7) is 13.4. The molecule has 2 atom stereocenters. The monoisotopic (exact) mass is 242 g/mol. The van der Waals surface area contributed by atoms with Gasteiger partial charge in [-0.1, -0.05) is 25.5 Å². The van der Waals surface area contributed by atoms with E-state index in [1.54, 1.807) is 5.54 Å². The summed E-state index contributed by atoms with van der Waals surface area (Å²) < 4.78 is 12.1. The molecule has 2 nitrogen and oxygen atoms in total. The SMILES string of the molecule is C=CCN(CC=C)C(CC)CCCC(C)NF. The van der Waals surface area contributed by atoms with E-state index < -0.39 is 0 Å². The Morgan fingerprint density at radius 3 is 2.24 bits per heavy atom. The molecule has 0 heterocycles. The standard InChI is InChI=1S/C14H27FN2/c1-5-11-17(12-6-2)14(7-3)10-8-9-13(4)16-15/h5-6,13-14,16H,1-2,7-12H2,3-4H3. The summed E-state index contributed by atoms with van der Waals surface area (Å²) in [7, 11) is 0. The molecule has 0 amide bonds. The Morgan fingerprint density at radius 1 is 1.24 bits per heavy atom. The number of hydrogen-bond donors (Lipinski definition) is 1. The van der Waals surface area contributed by atoms with E-state index in [1.165, 1.54) is 0 Å². The van der Waals surface area contributed by atoms with E-state index in [9.17, 15) is 4.48 Å². The normalized spacial score (nSPS) is 14.6. The smallest absolute Gasteiger partial charge is 0.0343 e. The zero-order valence-electron chi connectivity index (χ0n) is 11.3. The van der Waals surface area contributed by atoms with Gasteiger partial charge in [-0.25, -0.2) is 0 Å². The predicted octanol–water partition coefficient (Wildman–Crippen LogP) is 3.47. The van der Waals surface area contributed by atoms with Gasteiger partial charge in [0.15, 0.2) is 0 Å². The van der Waals surface area contributed by atoms with E-state index >= 15 is 0 Å². The Bertz CT molecular complexity index is 196. The van der Waals surface area contributed by atoms with Gasteiger partial charge in [0.2, 0.25) is 0 Å². The Balaban J connectivity index is 4.08. The highest BCUT2D eigenvalue weighted by Crippen LogP contribution is 2.13. The second-order valence-corrected chi connectivity index (χ2v) is 4.53. The van der Waals surface area contributed by atoms with Crippen molar-refractivity contribution in [2.75, 3.05) is 13.1 Å². The minimum atomic E-state index is -0.0419. The number of hydrogen-bond acceptors (Lipinski definition) is 2. The quantitative estimate of drug-likeness (QED) is 0.441. The van der Waals surface area contributed by atoms with Gasteiger partial charge in [0.1, 0.15) is 0 Å². The zero-order valence-corrected chi connectivity index (χ0v) is 11.3. The lowest BCUT2D eigenvalue weighted by Crippen LogP contribution is -2.35. The van der Waals surface area contributed by atoms with E-state index in [0.29, 0.717) is 6.04 Å². The van der Waals surface area contributed by atoms with Crippen molar-refractivity contribution in [2.45, 2.75) is 51.6 Å². The fraction of sp³-hybridized carbons (Fsp3) is 0.714. The van der Waals surface area contributed by atoms with E-state index in [0.717, 1.165) is 38.8 Å². The lowest BCUT2D eigenvalue weighted by atomic mass is 10.0. The first-order valence-electron chi connectivity index (χ1n) is 6.51. The van der Waals surface area contributed by atoms with E-state index in [4.69, 9.17) is 0 Å². The van der Waals surface area contributed by atoms with Crippen LogP contribution in [0.3, 0.4) is 0 Å². The highest BCUT2D eigenvalue weighted by Gasteiger charge is 2.14. The van der Waals surface area contributed by atoms with Gasteiger partial charge in [0.05, 0.1) is 0 Å². The van der Waals surface area contributed by atoms with E-state index in [-0.39, 0.29) is 6.04 Å². The van der Waals surface area contributed by atoms with Crippen molar-refractivity contribution in [1.82, 2.24) is 10.4 Å². The summed E-state index contributed by atoms with van der Waals surface area (Å²) in [6.07, 6.45) is 7.99. The summed E-state index contributed by atoms with van der Waals surface area (Å²) in [4.78, 5) is 2.37. The van der Waals surface area contributed by atoms with Crippen molar-refractivity contribution < 1.29 is 4.48 Å². The third kappa shape index (κ3) is 7.29. The Labute approximate surface area is 106 Å². The highest BCUT2D eigenvalue weighted by molar-refractivity contribution is 4.84. The second-order valence-electron chi connectivity index (χ2n) is 4.53. The third-order valence-corrected chi connectivity index (χ3v) is 3.08. The predicted molar refractivity (Wildman–Crippen MR) is 73.6 cm³/mol. The molecule has 0 saturated heterocycles. The van der Waals surface area contributed by atoms with Crippen molar-refractivity contribution in [3.63, 3.8) is 0 Å². The van der Waals surface area contributed by atoms with E-state index in [1.807, 2.05) is 19.1 Å². The van der Waals surface area contributed by atoms with Crippen molar-refractivity contribution in [1.29, 1.82) is 0 Å². The molecule has 0 fully saturated rings. The van der Waals surface area contributed by atoms with Crippen molar-refractivity contribution in [3.8, 4) is 0 Å². The lowest BCUT2D eigenvalue weighted by molar-refractivity contribution is 0.209. The average Bonchev–Trinajstić information content (AvgIpc) is 2.34. The van der Waals surface area contributed by atoms with Crippen LogP contribution >= 0.6 is 0 Å². The number of nitrogens with one attached hydrogen (secondary N) is 1. The van der Waals surface area contributed by atoms with Gasteiger partial charge < -0.3 is 0 Å². The molecule has 3 heteroatoms. The van der Waals surface area contributed by atoms with Crippen LogP contribution in [0.15, 0.2) is 25.3 Å². The number of rotatable bonds is 11. The van der Waals surface area contributed by atoms with Crippen LogP contribution < -0.4 is 5.54 Å². The maximum Gasteiger partial charge on any atom is 0.0343 e. The van der Waals surface area contributed by atoms with Crippen LogP contribution in [-0.4, -0.2) is 30.1 Å². The molecule has 0 aliphatic rings. The molecular formula is C14H27FN2. The molecule has 0 radical (unpaired) electrons. The molecule has 2 unspecified atom stereocenters. The molecule has 0 rings (SSSR count). The minimum Gasteiger partial charge on any atom is -0.293 e. The molecule has 0 aliphatic carbocycles. The first kappa shape index (κ1) is 16.3. The first-order valence-corrected chi connectivity index (χ1v) is 6.51. The molecule has 0 aromatic rings. The lowest BCUT2D eigenvalue weighted by Gasteiger charge is -2.29. The topological polar surface area (TPSA) is 15.3 Å². The van der Waals surface area contributed by atoms with Gasteiger partial charge in [-0.15, -0.1) is 17.6 Å². The number of nitrogens with zero attached hydrogens (tertiary/aromatic N) is 1. The second kappa shape index (κ2) is 10.5. The molecule has 0 aromatic carbocycles. The van der Waals surface area contributed by atoms with Crippen LogP contribution in [-0.2, 0) is 0 Å². The van der Waals surface area contributed by atoms with Crippen LogP contribution in [0.25, 0.3) is 0 Å². The molecule has 0 aliphatic heterocycles. The van der Waals surface area contributed by atoms with Gasteiger partial charge in [-0.05, 0) is 26.2 Å². The molecule has 17 heavy (non-hydrogen) atoms. The van der Waals surface area contributed by atoms with Gasteiger partial charge >= 0.3 is 0 Å². The van der Waals surface area contributed by atoms with Crippen LogP contribution in [0.4, 0.5) is 4.48 Å². The Hall–Kier alpha value is -0.670. The molecular weight excluding hydrogens is 215 g/mol. The maximum absolute atomic E-state index is 12.1. The van der Waals surface area contributed by atoms with Crippen molar-refractivity contribution in [2.24, 2.45) is 0 Å². The first-order chi connectivity index (χ1) is 8.19. The molecule has 0 saturated carbocycles. The van der Waals surface area contributed by atoms with Crippen LogP contribution in [0.2, 0.25) is 0 Å². The number of halogens is 1. The largest absolute Gasteiger partial charge is 0.293 e. The minimum absolute atomic E-state index is 0.0419. The van der Waals surface area contributed by atoms with Gasteiger partial charge in [0.25, 0.3) is 0 Å². The summed E-state index contributed by atoms with van der Waals surface area (Å²) >= 11 is 0. The third-order valence-electron chi connectivity index (χ3n) is 3.08. The molecule has 0 spiro atoms. The Kier molecular flexibility index (Phi) is 10.1. The van der Waals surface area contributed by atoms with Gasteiger partial charge in [-0.3, -0.25) is 4.90 Å². The zero-order chi connectivity index (χ0) is 13.1. The molecule has 1 N–H and O–H groups in total. The highest BCUT2D eigenvalue weighted by atomic mass is 19.2. The molecule has 100 valence electrons. The van der Waals surface area contributed by atoms with Crippen molar-refractivity contribution >= 4 is 0 Å². The fourth-order valence-corrected chi connectivity index (χ4v) is 2.06. The Morgan fingerprint density at radius 2 is 1.82 bits per heavy atom. The summed E-state index contributed by atoms with van der Waals surface area (Å²) in [5.74, 6) is 0. The van der Waals surface area contributed by atoms with Crippen LogP contribution in [0, 0.1) is 0 Å². The maximum atomic E-state index is 12.1. The summed E-state index contributed by atoms with van der Waals surface area (Å²) in [6, 6.07) is 0.498. The van der Waals surface area contributed by atoms with Gasteiger partial charge in [0, 0.05) is 25.2 Å². The average molecular weight is 242 g/mol. The van der Waals surface area contributed by atoms with Gasteiger partial charge in [-0.2, -0.15) is 5.54 Å². The van der Waals surface area contributed by atoms with E-state index in [2.05, 4.69) is 25.0 Å². The molecule has 0 aromatic heterocycles. The van der Waals surface area contributed by atoms with Crippen LogP contribution in [0.5, 0.6) is 0 Å². The van der Waals surface area contributed by atoms with Crippen molar-refractivity contribution in [3.05, 3.63) is 25.3 Å². The molecule has 0 bridgehead atoms. The summed E-state index contributed by atoms with van der Waals surface area (Å²) in [5, 5.41) is 0.